The van der Waals surface area contributed by atoms with E-state index in [1.165, 1.54) is 11.3 Å². The Bertz CT molecular complexity index is 534. The van der Waals surface area contributed by atoms with Gasteiger partial charge in [-0.3, -0.25) is 9.59 Å². The summed E-state index contributed by atoms with van der Waals surface area (Å²) in [5.74, 6) is -0.965. The van der Waals surface area contributed by atoms with Crippen LogP contribution in [-0.4, -0.2) is 23.3 Å². The van der Waals surface area contributed by atoms with E-state index >= 15 is 0 Å². The summed E-state index contributed by atoms with van der Waals surface area (Å²) in [5, 5.41) is 8.74. The number of nitrogens with one attached hydrogen (secondary N) is 1. The normalized spacial score (nSPS) is 10.1. The fraction of sp³-hybridized carbons (Fsp3) is 0.100. The van der Waals surface area contributed by atoms with E-state index in [-0.39, 0.29) is 12.5 Å². The Morgan fingerprint density at radius 1 is 1.41 bits per heavy atom. The van der Waals surface area contributed by atoms with Crippen molar-refractivity contribution >= 4 is 34.5 Å². The summed E-state index contributed by atoms with van der Waals surface area (Å²) in [5.41, 5.74) is 6.23. The minimum absolute atomic E-state index is 0.176. The molecule has 17 heavy (non-hydrogen) atoms. The monoisotopic (exact) mass is 267 g/mol. The highest BCUT2D eigenvalue weighted by atomic mass is 32.1. The minimum atomic E-state index is -0.577. The van der Waals surface area contributed by atoms with Gasteiger partial charge in [0.1, 0.15) is 10.7 Å². The molecule has 3 N–H and O–H groups in total. The number of rotatable bonds is 4. The van der Waals surface area contributed by atoms with Gasteiger partial charge in [-0.05, 0) is 11.4 Å². The van der Waals surface area contributed by atoms with Gasteiger partial charge in [0.2, 0.25) is 5.91 Å². The molecule has 0 saturated heterocycles. The average molecular weight is 267 g/mol. The van der Waals surface area contributed by atoms with Crippen LogP contribution in [0.4, 0.5) is 0 Å². The molecule has 2 aromatic rings. The largest absolute Gasteiger partial charge is 0.368 e. The molecule has 7 heteroatoms. The van der Waals surface area contributed by atoms with Crippen molar-refractivity contribution in [1.82, 2.24) is 10.3 Å². The summed E-state index contributed by atoms with van der Waals surface area (Å²) < 4.78 is 0. The maximum Gasteiger partial charge on any atom is 0.271 e. The van der Waals surface area contributed by atoms with Crippen LogP contribution in [0.3, 0.4) is 0 Å². The lowest BCUT2D eigenvalue weighted by atomic mass is 10.3. The molecule has 5 nitrogen and oxygen atoms in total. The topological polar surface area (TPSA) is 85.1 Å². The van der Waals surface area contributed by atoms with Crippen molar-refractivity contribution in [2.75, 3.05) is 6.54 Å². The number of primary amides is 1. The highest BCUT2D eigenvalue weighted by Gasteiger charge is 2.12. The predicted octanol–water partition coefficient (Wildman–Crippen LogP) is 1.09. The quantitative estimate of drug-likeness (QED) is 0.869. The molecule has 0 unspecified atom stereocenters. The highest BCUT2D eigenvalue weighted by Crippen LogP contribution is 2.25. The maximum atomic E-state index is 11.6. The Kier molecular flexibility index (Phi) is 3.50. The number of hydrogen-bond acceptors (Lipinski definition) is 5. The summed E-state index contributed by atoms with van der Waals surface area (Å²) in [6, 6.07) is 1.94. The summed E-state index contributed by atoms with van der Waals surface area (Å²) >= 11 is 2.96. The van der Waals surface area contributed by atoms with Crippen LogP contribution in [-0.2, 0) is 4.79 Å². The number of thiazole rings is 1. The third-order valence-corrected chi connectivity index (χ3v) is 3.50. The van der Waals surface area contributed by atoms with E-state index in [0.29, 0.717) is 5.69 Å². The van der Waals surface area contributed by atoms with Gasteiger partial charge >= 0.3 is 0 Å². The number of aromatic nitrogens is 1. The van der Waals surface area contributed by atoms with Gasteiger partial charge in [-0.2, -0.15) is 11.3 Å². The van der Waals surface area contributed by atoms with Crippen molar-refractivity contribution in [2.24, 2.45) is 5.73 Å². The lowest BCUT2D eigenvalue weighted by Gasteiger charge is -1.98. The van der Waals surface area contributed by atoms with Crippen molar-refractivity contribution in [3.8, 4) is 10.6 Å². The third kappa shape index (κ3) is 2.89. The SMILES string of the molecule is NC(=O)CNC(=O)c1csc(-c2ccsc2)n1. The molecule has 88 valence electrons. The molecule has 2 aromatic heterocycles. The smallest absolute Gasteiger partial charge is 0.271 e. The number of nitrogens with zero attached hydrogens (tertiary/aromatic N) is 1. The van der Waals surface area contributed by atoms with Gasteiger partial charge < -0.3 is 11.1 Å². The molecule has 0 aliphatic carbocycles. The van der Waals surface area contributed by atoms with Crippen LogP contribution >= 0.6 is 22.7 Å². The summed E-state index contributed by atoms with van der Waals surface area (Å²) in [6.07, 6.45) is 0. The third-order valence-electron chi connectivity index (χ3n) is 1.93. The molecule has 2 heterocycles. The Balaban J connectivity index is 2.08. The zero-order valence-corrected chi connectivity index (χ0v) is 10.3. The van der Waals surface area contributed by atoms with Gasteiger partial charge in [-0.15, -0.1) is 11.3 Å². The Labute approximate surface area is 105 Å². The van der Waals surface area contributed by atoms with E-state index < -0.39 is 5.91 Å². The molecule has 0 aromatic carbocycles. The van der Waals surface area contributed by atoms with Gasteiger partial charge in [0.15, 0.2) is 0 Å². The lowest BCUT2D eigenvalue weighted by Crippen LogP contribution is -2.33. The molecule has 2 amide bonds. The van der Waals surface area contributed by atoms with E-state index in [1.807, 2.05) is 16.8 Å². The molecule has 0 spiro atoms. The van der Waals surface area contributed by atoms with E-state index in [4.69, 9.17) is 5.73 Å². The molecule has 0 saturated carbocycles. The minimum Gasteiger partial charge on any atom is -0.368 e. The van der Waals surface area contributed by atoms with Crippen molar-refractivity contribution in [3.05, 3.63) is 27.9 Å². The lowest BCUT2D eigenvalue weighted by molar-refractivity contribution is -0.117. The van der Waals surface area contributed by atoms with E-state index in [1.54, 1.807) is 16.7 Å². The first kappa shape index (κ1) is 11.7. The zero-order valence-electron chi connectivity index (χ0n) is 8.67. The number of amides is 2. The number of thiophene rings is 1. The highest BCUT2D eigenvalue weighted by molar-refractivity contribution is 7.14. The predicted molar refractivity (Wildman–Crippen MR) is 67.0 cm³/mol. The van der Waals surface area contributed by atoms with Crippen LogP contribution in [0, 0.1) is 0 Å². The van der Waals surface area contributed by atoms with Gasteiger partial charge in [-0.1, -0.05) is 0 Å². The first-order valence-corrected chi connectivity index (χ1v) is 6.53. The number of carbonyl (C=O) groups excluding carboxylic acids is 2. The molecular formula is C10H9N3O2S2. The van der Waals surface area contributed by atoms with Crippen LogP contribution in [0.25, 0.3) is 10.6 Å². The Hall–Kier alpha value is -1.73. The molecule has 0 aliphatic rings. The fourth-order valence-electron chi connectivity index (χ4n) is 1.15. The summed E-state index contributed by atoms with van der Waals surface area (Å²) in [6.45, 7) is -0.176. The molecule has 0 bridgehead atoms. The van der Waals surface area contributed by atoms with Crippen LogP contribution in [0.1, 0.15) is 10.5 Å². The summed E-state index contributed by atoms with van der Waals surface area (Å²) in [7, 11) is 0. The molecule has 0 atom stereocenters. The average Bonchev–Trinajstić information content (AvgIpc) is 2.94. The molecular weight excluding hydrogens is 258 g/mol. The van der Waals surface area contributed by atoms with Gasteiger partial charge in [-0.25, -0.2) is 4.98 Å². The molecule has 2 rings (SSSR count). The van der Waals surface area contributed by atoms with E-state index in [2.05, 4.69) is 10.3 Å². The van der Waals surface area contributed by atoms with E-state index in [9.17, 15) is 9.59 Å². The van der Waals surface area contributed by atoms with Crippen molar-refractivity contribution in [2.45, 2.75) is 0 Å². The van der Waals surface area contributed by atoms with Gasteiger partial charge in [0.05, 0.1) is 6.54 Å². The first-order valence-electron chi connectivity index (χ1n) is 4.71. The van der Waals surface area contributed by atoms with E-state index in [0.717, 1.165) is 10.6 Å². The Morgan fingerprint density at radius 3 is 2.88 bits per heavy atom. The van der Waals surface area contributed by atoms with Crippen LogP contribution in [0.5, 0.6) is 0 Å². The molecule has 0 aliphatic heterocycles. The fourth-order valence-corrected chi connectivity index (χ4v) is 2.67. The summed E-state index contributed by atoms with van der Waals surface area (Å²) in [4.78, 5) is 26.3. The zero-order chi connectivity index (χ0) is 12.3. The second-order valence-electron chi connectivity index (χ2n) is 3.20. The van der Waals surface area contributed by atoms with Gasteiger partial charge in [0, 0.05) is 16.3 Å². The standard InChI is InChI=1S/C10H9N3O2S2/c11-8(14)3-12-9(15)7-5-17-10(13-7)6-1-2-16-4-6/h1-2,4-5H,3H2,(H2,11,14)(H,12,15). The van der Waals surface area contributed by atoms with Crippen LogP contribution in [0.2, 0.25) is 0 Å². The first-order chi connectivity index (χ1) is 8.16. The van der Waals surface area contributed by atoms with Crippen LogP contribution < -0.4 is 11.1 Å². The maximum absolute atomic E-state index is 11.6. The second kappa shape index (κ2) is 5.07. The number of hydrogen-bond donors (Lipinski definition) is 2. The van der Waals surface area contributed by atoms with Gasteiger partial charge in [0.25, 0.3) is 5.91 Å². The molecule has 0 fully saturated rings. The van der Waals surface area contributed by atoms with Crippen molar-refractivity contribution in [1.29, 1.82) is 0 Å². The van der Waals surface area contributed by atoms with Crippen molar-refractivity contribution in [3.63, 3.8) is 0 Å². The number of carbonyl (C=O) groups is 2. The van der Waals surface area contributed by atoms with Crippen LogP contribution in [0.15, 0.2) is 22.2 Å². The van der Waals surface area contributed by atoms with Crippen molar-refractivity contribution < 1.29 is 9.59 Å². The second-order valence-corrected chi connectivity index (χ2v) is 4.84. The molecule has 0 radical (unpaired) electrons. The Morgan fingerprint density at radius 2 is 2.24 bits per heavy atom. The number of nitrogens with two attached hydrogens (primary N) is 1.